The molecule has 1 fully saturated rings. The molecule has 0 aromatic heterocycles. The molecule has 1 heterocycles. The first-order valence-electron chi connectivity index (χ1n) is 5.30. The molecule has 2 N–H and O–H groups in total. The van der Waals surface area contributed by atoms with Gasteiger partial charge in [0.15, 0.2) is 0 Å². The maximum Gasteiger partial charge on any atom is 0.405 e. The molecule has 6 heteroatoms. The van der Waals surface area contributed by atoms with E-state index in [1.165, 1.54) is 0 Å². The number of piperidine rings is 1. The first-order valence-corrected chi connectivity index (χ1v) is 5.30. The average molecular weight is 238 g/mol. The van der Waals surface area contributed by atoms with Crippen molar-refractivity contribution in [1.29, 1.82) is 0 Å². The number of carbonyl (C=O) groups excluding carboxylic acids is 1. The number of carbonyl (C=O) groups is 1. The molecule has 1 unspecified atom stereocenters. The minimum atomic E-state index is -4.35. The molecular formula is C10H17F3N2O. The fourth-order valence-electron chi connectivity index (χ4n) is 1.95. The normalized spacial score (nSPS) is 25.2. The second-order valence-corrected chi connectivity index (χ2v) is 4.81. The van der Waals surface area contributed by atoms with Gasteiger partial charge in [0.1, 0.15) is 6.54 Å². The largest absolute Gasteiger partial charge is 0.405 e. The first kappa shape index (κ1) is 13.3. The fourth-order valence-corrected chi connectivity index (χ4v) is 1.95. The molecule has 0 radical (unpaired) electrons. The molecule has 94 valence electrons. The second kappa shape index (κ2) is 4.61. The number of nitrogens with one attached hydrogen (secondary N) is 2. The third-order valence-corrected chi connectivity index (χ3v) is 2.85. The van der Waals surface area contributed by atoms with E-state index in [1.807, 2.05) is 19.2 Å². The summed E-state index contributed by atoms with van der Waals surface area (Å²) < 4.78 is 35.8. The van der Waals surface area contributed by atoms with Gasteiger partial charge in [-0.05, 0) is 24.8 Å². The van der Waals surface area contributed by atoms with Crippen molar-refractivity contribution in [3.63, 3.8) is 0 Å². The molecule has 0 bridgehead atoms. The Hall–Kier alpha value is -0.780. The van der Waals surface area contributed by atoms with E-state index in [2.05, 4.69) is 5.32 Å². The van der Waals surface area contributed by atoms with Crippen molar-refractivity contribution >= 4 is 5.91 Å². The standard InChI is InChI=1S/C10H17F3N2O/c1-9(2)4-3-5-14-7(9)8(16)15-6-10(11,12)13/h7,14H,3-6H2,1-2H3,(H,15,16). The highest BCUT2D eigenvalue weighted by Crippen LogP contribution is 2.30. The van der Waals surface area contributed by atoms with Crippen molar-refractivity contribution in [2.75, 3.05) is 13.1 Å². The van der Waals surface area contributed by atoms with Crippen LogP contribution < -0.4 is 10.6 Å². The summed E-state index contributed by atoms with van der Waals surface area (Å²) in [4.78, 5) is 11.6. The highest BCUT2D eigenvalue weighted by Gasteiger charge is 2.38. The first-order chi connectivity index (χ1) is 7.22. The van der Waals surface area contributed by atoms with E-state index in [-0.39, 0.29) is 5.41 Å². The molecule has 1 amide bonds. The van der Waals surface area contributed by atoms with E-state index in [4.69, 9.17) is 0 Å². The van der Waals surface area contributed by atoms with Gasteiger partial charge < -0.3 is 10.6 Å². The van der Waals surface area contributed by atoms with E-state index >= 15 is 0 Å². The maximum absolute atomic E-state index is 11.9. The van der Waals surface area contributed by atoms with Gasteiger partial charge in [0.05, 0.1) is 6.04 Å². The highest BCUT2D eigenvalue weighted by molar-refractivity contribution is 5.82. The topological polar surface area (TPSA) is 41.1 Å². The van der Waals surface area contributed by atoms with Crippen LogP contribution in [0.4, 0.5) is 13.2 Å². The van der Waals surface area contributed by atoms with Crippen LogP contribution in [-0.2, 0) is 4.79 Å². The van der Waals surface area contributed by atoms with Crippen LogP contribution in [0.15, 0.2) is 0 Å². The van der Waals surface area contributed by atoms with Crippen LogP contribution in [0, 0.1) is 5.41 Å². The average Bonchev–Trinajstić information content (AvgIpc) is 2.12. The lowest BCUT2D eigenvalue weighted by molar-refractivity contribution is -0.141. The molecule has 1 rings (SSSR count). The van der Waals surface area contributed by atoms with Crippen LogP contribution in [-0.4, -0.2) is 31.2 Å². The summed E-state index contributed by atoms with van der Waals surface area (Å²) in [5.74, 6) is -0.568. The molecule has 0 saturated carbocycles. The summed E-state index contributed by atoms with van der Waals surface area (Å²) in [7, 11) is 0. The molecule has 0 aliphatic carbocycles. The predicted octanol–water partition coefficient (Wildman–Crippen LogP) is 1.44. The van der Waals surface area contributed by atoms with Crippen LogP contribution in [0.3, 0.4) is 0 Å². The Kier molecular flexibility index (Phi) is 3.83. The Morgan fingerprint density at radius 1 is 1.50 bits per heavy atom. The minimum Gasteiger partial charge on any atom is -0.346 e. The number of rotatable bonds is 2. The summed E-state index contributed by atoms with van der Waals surface area (Å²) in [6.07, 6.45) is -2.57. The zero-order valence-corrected chi connectivity index (χ0v) is 9.45. The highest BCUT2D eigenvalue weighted by atomic mass is 19.4. The van der Waals surface area contributed by atoms with Crippen molar-refractivity contribution in [1.82, 2.24) is 10.6 Å². The Bertz CT molecular complexity index is 263. The van der Waals surface area contributed by atoms with Crippen LogP contribution >= 0.6 is 0 Å². The lowest BCUT2D eigenvalue weighted by atomic mass is 9.77. The Labute approximate surface area is 92.8 Å². The van der Waals surface area contributed by atoms with Gasteiger partial charge in [0.25, 0.3) is 0 Å². The SMILES string of the molecule is CC1(C)CCCNC1C(=O)NCC(F)(F)F. The minimum absolute atomic E-state index is 0.298. The van der Waals surface area contributed by atoms with E-state index < -0.39 is 24.7 Å². The predicted molar refractivity (Wildman–Crippen MR) is 53.9 cm³/mol. The van der Waals surface area contributed by atoms with Crippen LogP contribution in [0.25, 0.3) is 0 Å². The van der Waals surface area contributed by atoms with Gasteiger partial charge in [-0.2, -0.15) is 13.2 Å². The monoisotopic (exact) mass is 238 g/mol. The summed E-state index contributed by atoms with van der Waals surface area (Å²) >= 11 is 0. The van der Waals surface area contributed by atoms with Crippen molar-refractivity contribution in [3.8, 4) is 0 Å². The fraction of sp³-hybridized carbons (Fsp3) is 0.900. The molecule has 1 aliphatic rings. The summed E-state index contributed by atoms with van der Waals surface area (Å²) in [5.41, 5.74) is -0.298. The smallest absolute Gasteiger partial charge is 0.346 e. The summed E-state index contributed by atoms with van der Waals surface area (Å²) in [6.45, 7) is 3.18. The Morgan fingerprint density at radius 2 is 2.12 bits per heavy atom. The molecule has 1 aliphatic heterocycles. The number of halogens is 3. The zero-order chi connectivity index (χ0) is 12.4. The molecule has 0 spiro atoms. The van der Waals surface area contributed by atoms with Gasteiger partial charge in [-0.25, -0.2) is 0 Å². The van der Waals surface area contributed by atoms with Gasteiger partial charge in [-0.15, -0.1) is 0 Å². The number of hydrogen-bond donors (Lipinski definition) is 2. The lowest BCUT2D eigenvalue weighted by Gasteiger charge is -2.38. The maximum atomic E-state index is 11.9. The third kappa shape index (κ3) is 3.66. The van der Waals surface area contributed by atoms with E-state index in [0.29, 0.717) is 6.54 Å². The number of alkyl halides is 3. The zero-order valence-electron chi connectivity index (χ0n) is 9.45. The van der Waals surface area contributed by atoms with Crippen molar-refractivity contribution in [2.45, 2.75) is 38.9 Å². The van der Waals surface area contributed by atoms with E-state index in [9.17, 15) is 18.0 Å². The molecule has 0 aromatic rings. The van der Waals surface area contributed by atoms with Crippen LogP contribution in [0.1, 0.15) is 26.7 Å². The quantitative estimate of drug-likeness (QED) is 0.764. The Balaban J connectivity index is 2.52. The number of amides is 1. The summed E-state index contributed by atoms with van der Waals surface area (Å²) in [6, 6.07) is -0.538. The lowest BCUT2D eigenvalue weighted by Crippen LogP contribution is -2.56. The van der Waals surface area contributed by atoms with Gasteiger partial charge >= 0.3 is 6.18 Å². The summed E-state index contributed by atoms with van der Waals surface area (Å²) in [5, 5.41) is 4.89. The second-order valence-electron chi connectivity index (χ2n) is 4.81. The molecule has 1 saturated heterocycles. The van der Waals surface area contributed by atoms with Gasteiger partial charge in [-0.3, -0.25) is 4.79 Å². The van der Waals surface area contributed by atoms with Crippen molar-refractivity contribution in [3.05, 3.63) is 0 Å². The van der Waals surface area contributed by atoms with Gasteiger partial charge in [-0.1, -0.05) is 13.8 Å². The van der Waals surface area contributed by atoms with Crippen molar-refractivity contribution in [2.24, 2.45) is 5.41 Å². The van der Waals surface area contributed by atoms with E-state index in [1.54, 1.807) is 0 Å². The van der Waals surface area contributed by atoms with E-state index in [0.717, 1.165) is 12.8 Å². The van der Waals surface area contributed by atoms with Gasteiger partial charge in [0, 0.05) is 0 Å². The van der Waals surface area contributed by atoms with Crippen LogP contribution in [0.2, 0.25) is 0 Å². The number of hydrogen-bond acceptors (Lipinski definition) is 2. The van der Waals surface area contributed by atoms with Crippen LogP contribution in [0.5, 0.6) is 0 Å². The van der Waals surface area contributed by atoms with Gasteiger partial charge in [0.2, 0.25) is 5.91 Å². The molecule has 1 atom stereocenters. The van der Waals surface area contributed by atoms with Crippen molar-refractivity contribution < 1.29 is 18.0 Å². The molecule has 0 aromatic carbocycles. The molecule has 16 heavy (non-hydrogen) atoms. The third-order valence-electron chi connectivity index (χ3n) is 2.85. The molecular weight excluding hydrogens is 221 g/mol. The Morgan fingerprint density at radius 3 is 2.62 bits per heavy atom. The molecule has 3 nitrogen and oxygen atoms in total.